The summed E-state index contributed by atoms with van der Waals surface area (Å²) in [7, 11) is 0. The number of carbonyl (C=O) groups excluding carboxylic acids is 1. The Bertz CT molecular complexity index is 295. The Kier molecular flexibility index (Phi) is 2.12. The van der Waals surface area contributed by atoms with E-state index in [4.69, 9.17) is 0 Å². The lowest BCUT2D eigenvalue weighted by Gasteiger charge is -2.04. The molecule has 0 radical (unpaired) electrons. The molecule has 1 aromatic heterocycles. The minimum atomic E-state index is -0.143. The Morgan fingerprint density at radius 2 is 2.38 bits per heavy atom. The molecule has 1 saturated carbocycles. The molecule has 1 fully saturated rings. The van der Waals surface area contributed by atoms with Crippen LogP contribution in [-0.2, 0) is 0 Å². The van der Waals surface area contributed by atoms with Gasteiger partial charge in [-0.15, -0.1) is 0 Å². The van der Waals surface area contributed by atoms with Gasteiger partial charge in [0.15, 0.2) is 0 Å². The van der Waals surface area contributed by atoms with Crippen molar-refractivity contribution < 1.29 is 4.79 Å². The fourth-order valence-corrected chi connectivity index (χ4v) is 1.02. The van der Waals surface area contributed by atoms with Crippen LogP contribution in [0.5, 0.6) is 0 Å². The van der Waals surface area contributed by atoms with Crippen LogP contribution in [0.25, 0.3) is 0 Å². The van der Waals surface area contributed by atoms with Gasteiger partial charge in [0.1, 0.15) is 0 Å². The van der Waals surface area contributed by atoms with Gasteiger partial charge in [0.2, 0.25) is 0 Å². The molecule has 68 valence electrons. The Balaban J connectivity index is 1.86. The molecule has 1 heterocycles. The summed E-state index contributed by atoms with van der Waals surface area (Å²) in [6.45, 7) is 0. The maximum absolute atomic E-state index is 11.2. The summed E-state index contributed by atoms with van der Waals surface area (Å²) in [5, 5.41) is 5.53. The Hall–Kier alpha value is -1.58. The van der Waals surface area contributed by atoms with Crippen molar-refractivity contribution in [3.63, 3.8) is 0 Å². The summed E-state index contributed by atoms with van der Waals surface area (Å²) in [6.07, 6.45) is 5.48. The van der Waals surface area contributed by atoms with Gasteiger partial charge in [0.05, 0.1) is 11.9 Å². The number of amides is 2. The van der Waals surface area contributed by atoms with Gasteiger partial charge in [-0.25, -0.2) is 4.79 Å². The second-order valence-corrected chi connectivity index (χ2v) is 3.11. The van der Waals surface area contributed by atoms with Crippen LogP contribution in [0, 0.1) is 0 Å². The highest BCUT2D eigenvalue weighted by atomic mass is 16.2. The third-order valence-electron chi connectivity index (χ3n) is 1.83. The van der Waals surface area contributed by atoms with Gasteiger partial charge in [-0.05, 0) is 25.0 Å². The van der Waals surface area contributed by atoms with Crippen LogP contribution >= 0.6 is 0 Å². The molecule has 0 unspecified atom stereocenters. The van der Waals surface area contributed by atoms with E-state index in [9.17, 15) is 4.79 Å². The molecule has 1 aliphatic carbocycles. The highest BCUT2D eigenvalue weighted by Crippen LogP contribution is 2.18. The van der Waals surface area contributed by atoms with Crippen molar-refractivity contribution in [2.75, 3.05) is 5.32 Å². The Morgan fingerprint density at radius 3 is 3.00 bits per heavy atom. The van der Waals surface area contributed by atoms with Crippen molar-refractivity contribution in [2.24, 2.45) is 0 Å². The number of hydrogen-bond acceptors (Lipinski definition) is 2. The summed E-state index contributed by atoms with van der Waals surface area (Å²) >= 11 is 0. The first-order valence-corrected chi connectivity index (χ1v) is 4.32. The van der Waals surface area contributed by atoms with E-state index in [1.807, 2.05) is 0 Å². The number of carbonyl (C=O) groups is 1. The SMILES string of the molecule is O=C(Nc1cccnc1)NC1CC1. The number of urea groups is 1. The van der Waals surface area contributed by atoms with Crippen molar-refractivity contribution in [2.45, 2.75) is 18.9 Å². The van der Waals surface area contributed by atoms with E-state index in [1.54, 1.807) is 24.5 Å². The maximum Gasteiger partial charge on any atom is 0.319 e. The number of anilines is 1. The van der Waals surface area contributed by atoms with Crippen molar-refractivity contribution in [3.8, 4) is 0 Å². The summed E-state index contributed by atoms with van der Waals surface area (Å²) in [6, 6.07) is 3.83. The zero-order valence-corrected chi connectivity index (χ0v) is 7.16. The summed E-state index contributed by atoms with van der Waals surface area (Å²) in [5.41, 5.74) is 0.723. The van der Waals surface area contributed by atoms with Gasteiger partial charge in [-0.3, -0.25) is 4.98 Å². The van der Waals surface area contributed by atoms with Gasteiger partial charge >= 0.3 is 6.03 Å². The molecule has 0 aromatic carbocycles. The molecule has 13 heavy (non-hydrogen) atoms. The van der Waals surface area contributed by atoms with Crippen LogP contribution in [0.15, 0.2) is 24.5 Å². The Labute approximate surface area is 76.4 Å². The first-order chi connectivity index (χ1) is 6.34. The molecule has 4 nitrogen and oxygen atoms in total. The molecule has 2 amide bonds. The van der Waals surface area contributed by atoms with Crippen LogP contribution in [0.3, 0.4) is 0 Å². The largest absolute Gasteiger partial charge is 0.335 e. The van der Waals surface area contributed by atoms with E-state index in [0.717, 1.165) is 18.5 Å². The molecular weight excluding hydrogens is 166 g/mol. The predicted octanol–water partition coefficient (Wildman–Crippen LogP) is 1.37. The molecule has 0 bridgehead atoms. The van der Waals surface area contributed by atoms with Crippen LogP contribution in [0.4, 0.5) is 10.5 Å². The van der Waals surface area contributed by atoms with E-state index >= 15 is 0 Å². The standard InChI is InChI=1S/C9H11N3O/c13-9(11-7-3-4-7)12-8-2-1-5-10-6-8/h1-2,5-7H,3-4H2,(H2,11,12,13). The van der Waals surface area contributed by atoms with E-state index in [2.05, 4.69) is 15.6 Å². The summed E-state index contributed by atoms with van der Waals surface area (Å²) < 4.78 is 0. The second kappa shape index (κ2) is 3.43. The average Bonchev–Trinajstić information content (AvgIpc) is 2.90. The van der Waals surface area contributed by atoms with Crippen LogP contribution in [0.2, 0.25) is 0 Å². The van der Waals surface area contributed by atoms with Crippen LogP contribution in [0.1, 0.15) is 12.8 Å². The number of pyridine rings is 1. The number of nitrogens with zero attached hydrogens (tertiary/aromatic N) is 1. The number of aromatic nitrogens is 1. The molecular formula is C9H11N3O. The van der Waals surface area contributed by atoms with E-state index in [0.29, 0.717) is 6.04 Å². The third-order valence-corrected chi connectivity index (χ3v) is 1.83. The minimum Gasteiger partial charge on any atom is -0.335 e. The number of nitrogens with one attached hydrogen (secondary N) is 2. The maximum atomic E-state index is 11.2. The fraction of sp³-hybridized carbons (Fsp3) is 0.333. The van der Waals surface area contributed by atoms with Crippen molar-refractivity contribution in [1.29, 1.82) is 0 Å². The molecule has 0 atom stereocenters. The normalized spacial score (nSPS) is 15.1. The Morgan fingerprint density at radius 1 is 1.54 bits per heavy atom. The van der Waals surface area contributed by atoms with Gasteiger partial charge in [-0.1, -0.05) is 0 Å². The molecule has 0 aliphatic heterocycles. The van der Waals surface area contributed by atoms with Gasteiger partial charge in [-0.2, -0.15) is 0 Å². The minimum absolute atomic E-state index is 0.143. The molecule has 2 rings (SSSR count). The first-order valence-electron chi connectivity index (χ1n) is 4.32. The second-order valence-electron chi connectivity index (χ2n) is 3.11. The van der Waals surface area contributed by atoms with E-state index in [-0.39, 0.29) is 6.03 Å². The van der Waals surface area contributed by atoms with Crippen LogP contribution in [-0.4, -0.2) is 17.1 Å². The van der Waals surface area contributed by atoms with Gasteiger partial charge in [0, 0.05) is 12.2 Å². The summed E-state index contributed by atoms with van der Waals surface area (Å²) in [4.78, 5) is 15.1. The summed E-state index contributed by atoms with van der Waals surface area (Å²) in [5.74, 6) is 0. The van der Waals surface area contributed by atoms with Crippen LogP contribution < -0.4 is 10.6 Å². The van der Waals surface area contributed by atoms with Crippen molar-refractivity contribution in [3.05, 3.63) is 24.5 Å². The molecule has 1 aromatic rings. The number of rotatable bonds is 2. The zero-order valence-electron chi connectivity index (χ0n) is 7.16. The molecule has 4 heteroatoms. The lowest BCUT2D eigenvalue weighted by atomic mass is 10.4. The number of hydrogen-bond donors (Lipinski definition) is 2. The zero-order chi connectivity index (χ0) is 9.10. The highest BCUT2D eigenvalue weighted by molar-refractivity contribution is 5.89. The van der Waals surface area contributed by atoms with E-state index < -0.39 is 0 Å². The molecule has 2 N–H and O–H groups in total. The monoisotopic (exact) mass is 177 g/mol. The van der Waals surface area contributed by atoms with Gasteiger partial charge in [0.25, 0.3) is 0 Å². The lowest BCUT2D eigenvalue weighted by Crippen LogP contribution is -2.30. The quantitative estimate of drug-likeness (QED) is 0.716. The third kappa shape index (κ3) is 2.43. The average molecular weight is 177 g/mol. The molecule has 0 spiro atoms. The molecule has 0 saturated heterocycles. The highest BCUT2D eigenvalue weighted by Gasteiger charge is 2.22. The topological polar surface area (TPSA) is 54.0 Å². The van der Waals surface area contributed by atoms with E-state index in [1.165, 1.54) is 0 Å². The smallest absolute Gasteiger partial charge is 0.319 e. The predicted molar refractivity (Wildman–Crippen MR) is 49.4 cm³/mol. The lowest BCUT2D eigenvalue weighted by molar-refractivity contribution is 0.251. The fourth-order valence-electron chi connectivity index (χ4n) is 1.02. The first kappa shape index (κ1) is 8.04. The van der Waals surface area contributed by atoms with Gasteiger partial charge < -0.3 is 10.6 Å². The van der Waals surface area contributed by atoms with Crippen molar-refractivity contribution >= 4 is 11.7 Å². The molecule has 1 aliphatic rings. The van der Waals surface area contributed by atoms with Crippen molar-refractivity contribution in [1.82, 2.24) is 10.3 Å².